The Hall–Kier alpha value is -0.730. The molecule has 6 heteroatoms. The van der Waals surface area contributed by atoms with Crippen LogP contribution < -0.4 is 0 Å². The summed E-state index contributed by atoms with van der Waals surface area (Å²) in [7, 11) is 5.47. The standard InChI is InChI=1S/C16H21IN2O2S/c1-5-21-15(20)16(2,18(3)4)11-13-8-6-7-12-9-10-19(22-17)14(12)13/h6-10H,5,11H2,1-4H3. The number of aromatic nitrogens is 1. The second-order valence-electron chi connectivity index (χ2n) is 5.63. The number of para-hydroxylation sites is 1. The van der Waals surface area contributed by atoms with Gasteiger partial charge in [0.2, 0.25) is 0 Å². The van der Waals surface area contributed by atoms with Crippen molar-refractivity contribution in [1.29, 1.82) is 0 Å². The van der Waals surface area contributed by atoms with Crippen LogP contribution >= 0.6 is 30.3 Å². The van der Waals surface area contributed by atoms with Gasteiger partial charge >= 0.3 is 5.97 Å². The third-order valence-electron chi connectivity index (χ3n) is 4.07. The number of nitrogens with zero attached hydrogens (tertiary/aromatic N) is 2. The lowest BCUT2D eigenvalue weighted by atomic mass is 9.90. The van der Waals surface area contributed by atoms with Crippen molar-refractivity contribution < 1.29 is 9.53 Å². The second-order valence-corrected chi connectivity index (χ2v) is 7.34. The monoisotopic (exact) mass is 432 g/mol. The maximum Gasteiger partial charge on any atom is 0.326 e. The van der Waals surface area contributed by atoms with E-state index in [1.165, 1.54) is 10.9 Å². The van der Waals surface area contributed by atoms with Crippen LogP contribution in [0.5, 0.6) is 0 Å². The van der Waals surface area contributed by atoms with Gasteiger partial charge in [-0.3, -0.25) is 13.7 Å². The van der Waals surface area contributed by atoms with Crippen LogP contribution in [0.3, 0.4) is 0 Å². The summed E-state index contributed by atoms with van der Waals surface area (Å²) >= 11 is 2.27. The largest absolute Gasteiger partial charge is 0.465 e. The predicted molar refractivity (Wildman–Crippen MR) is 101 cm³/mol. The molecule has 1 aromatic carbocycles. The molecule has 4 nitrogen and oxygen atoms in total. The van der Waals surface area contributed by atoms with Gasteiger partial charge in [-0.25, -0.2) is 0 Å². The van der Waals surface area contributed by atoms with Crippen LogP contribution in [0.2, 0.25) is 0 Å². The van der Waals surface area contributed by atoms with E-state index in [-0.39, 0.29) is 5.97 Å². The third kappa shape index (κ3) is 3.28. The van der Waals surface area contributed by atoms with Gasteiger partial charge in [-0.1, -0.05) is 18.2 Å². The predicted octanol–water partition coefficient (Wildman–Crippen LogP) is 3.91. The van der Waals surface area contributed by atoms with E-state index < -0.39 is 5.54 Å². The maximum atomic E-state index is 12.5. The van der Waals surface area contributed by atoms with E-state index >= 15 is 0 Å². The quantitative estimate of drug-likeness (QED) is 0.512. The van der Waals surface area contributed by atoms with Gasteiger partial charge in [-0.05, 0) is 39.6 Å². The number of benzene rings is 1. The summed E-state index contributed by atoms with van der Waals surface area (Å²) in [6.07, 6.45) is 2.67. The van der Waals surface area contributed by atoms with Crippen LogP contribution in [-0.4, -0.2) is 41.1 Å². The van der Waals surface area contributed by atoms with E-state index in [0.29, 0.717) is 13.0 Å². The zero-order valence-electron chi connectivity index (χ0n) is 13.3. The Morgan fingerprint density at radius 1 is 1.41 bits per heavy atom. The first-order chi connectivity index (χ1) is 10.4. The molecule has 1 atom stereocenters. The maximum absolute atomic E-state index is 12.5. The molecule has 0 fully saturated rings. The molecule has 22 heavy (non-hydrogen) atoms. The number of fused-ring (bicyclic) bond motifs is 1. The molecule has 0 bridgehead atoms. The Bertz CT molecular complexity index is 671. The van der Waals surface area contributed by atoms with E-state index in [9.17, 15) is 4.79 Å². The van der Waals surface area contributed by atoms with Gasteiger partial charge in [-0.15, -0.1) is 0 Å². The average molecular weight is 432 g/mol. The molecule has 1 aromatic heterocycles. The first-order valence-electron chi connectivity index (χ1n) is 7.16. The Balaban J connectivity index is 2.47. The number of likely N-dealkylation sites (N-methyl/N-ethyl adjacent to an activating group) is 1. The van der Waals surface area contributed by atoms with Crippen molar-refractivity contribution in [2.75, 3.05) is 20.7 Å². The number of hydrogen-bond acceptors (Lipinski definition) is 4. The van der Waals surface area contributed by atoms with Crippen molar-refractivity contribution in [2.24, 2.45) is 0 Å². The van der Waals surface area contributed by atoms with Crippen molar-refractivity contribution in [3.05, 3.63) is 36.0 Å². The van der Waals surface area contributed by atoms with Gasteiger partial charge < -0.3 is 4.74 Å². The fourth-order valence-electron chi connectivity index (χ4n) is 2.51. The van der Waals surface area contributed by atoms with Gasteiger partial charge in [0.1, 0.15) is 5.54 Å². The first kappa shape index (κ1) is 17.6. The molecular formula is C16H21IN2O2S. The minimum absolute atomic E-state index is 0.183. The molecule has 0 radical (unpaired) electrons. The normalized spacial score (nSPS) is 14.3. The molecule has 1 heterocycles. The zero-order chi connectivity index (χ0) is 16.3. The molecule has 1 unspecified atom stereocenters. The van der Waals surface area contributed by atoms with Gasteiger partial charge in [0, 0.05) is 48.3 Å². The average Bonchev–Trinajstić information content (AvgIpc) is 2.91. The molecule has 0 saturated carbocycles. The van der Waals surface area contributed by atoms with Crippen molar-refractivity contribution in [1.82, 2.24) is 8.87 Å². The molecule has 0 N–H and O–H groups in total. The van der Waals surface area contributed by atoms with E-state index in [4.69, 9.17) is 4.74 Å². The van der Waals surface area contributed by atoms with Gasteiger partial charge in [0.05, 0.1) is 12.1 Å². The number of carbonyl (C=O) groups excluding carboxylic acids is 1. The molecule has 0 amide bonds. The van der Waals surface area contributed by atoms with Crippen LogP contribution in [0.4, 0.5) is 0 Å². The summed E-state index contributed by atoms with van der Waals surface area (Å²) in [6, 6.07) is 8.33. The molecule has 0 spiro atoms. The van der Waals surface area contributed by atoms with Crippen LogP contribution in [0, 0.1) is 0 Å². The van der Waals surface area contributed by atoms with E-state index in [1.807, 2.05) is 38.9 Å². The number of esters is 1. The number of hydrogen-bond donors (Lipinski definition) is 0. The molecule has 0 aliphatic rings. The second kappa shape index (κ2) is 7.23. The smallest absolute Gasteiger partial charge is 0.326 e. The summed E-state index contributed by atoms with van der Waals surface area (Å²) < 4.78 is 7.43. The van der Waals surface area contributed by atoms with Gasteiger partial charge in [0.15, 0.2) is 0 Å². The minimum atomic E-state index is -0.685. The number of halogens is 1. The number of ether oxygens (including phenoxy) is 1. The first-order valence-corrected chi connectivity index (χ1v) is 10.5. The lowest BCUT2D eigenvalue weighted by Crippen LogP contribution is -2.51. The Morgan fingerprint density at radius 2 is 2.14 bits per heavy atom. The van der Waals surface area contributed by atoms with Crippen molar-refractivity contribution in [2.45, 2.75) is 25.8 Å². The number of carbonyl (C=O) groups is 1. The van der Waals surface area contributed by atoms with Crippen molar-refractivity contribution in [3.63, 3.8) is 0 Å². The van der Waals surface area contributed by atoms with Crippen LogP contribution in [0.1, 0.15) is 19.4 Å². The van der Waals surface area contributed by atoms with Crippen LogP contribution in [0.25, 0.3) is 10.9 Å². The number of rotatable bonds is 6. The summed E-state index contributed by atoms with van der Waals surface area (Å²) in [5.41, 5.74) is 1.63. The fourth-order valence-corrected chi connectivity index (χ4v) is 3.89. The third-order valence-corrected chi connectivity index (χ3v) is 5.80. The molecule has 2 aromatic rings. The Morgan fingerprint density at radius 3 is 2.73 bits per heavy atom. The highest BCUT2D eigenvalue weighted by Gasteiger charge is 2.38. The van der Waals surface area contributed by atoms with E-state index in [1.54, 1.807) is 9.12 Å². The molecule has 2 rings (SSSR count). The highest BCUT2D eigenvalue weighted by Crippen LogP contribution is 2.31. The summed E-state index contributed by atoms with van der Waals surface area (Å²) in [6.45, 7) is 4.17. The van der Waals surface area contributed by atoms with Gasteiger partial charge in [0.25, 0.3) is 0 Å². The van der Waals surface area contributed by atoms with E-state index in [2.05, 4.69) is 49.6 Å². The highest BCUT2D eigenvalue weighted by atomic mass is 127. The Labute approximate surface area is 147 Å². The van der Waals surface area contributed by atoms with Crippen LogP contribution in [-0.2, 0) is 16.0 Å². The zero-order valence-corrected chi connectivity index (χ0v) is 16.3. The van der Waals surface area contributed by atoms with Crippen molar-refractivity contribution in [3.8, 4) is 0 Å². The minimum Gasteiger partial charge on any atom is -0.465 e. The molecular weight excluding hydrogens is 411 g/mol. The van der Waals surface area contributed by atoms with Crippen molar-refractivity contribution >= 4 is 47.2 Å². The Kier molecular flexibility index (Phi) is 5.79. The summed E-state index contributed by atoms with van der Waals surface area (Å²) in [4.78, 5) is 14.4. The SMILES string of the molecule is CCOC(=O)C(C)(Cc1cccc2ccn(SI)c12)N(C)C. The highest BCUT2D eigenvalue weighted by molar-refractivity contribution is 14.2. The lowest BCUT2D eigenvalue weighted by molar-refractivity contribution is -0.155. The van der Waals surface area contributed by atoms with E-state index in [0.717, 1.165) is 5.56 Å². The van der Waals surface area contributed by atoms with Crippen LogP contribution in [0.15, 0.2) is 30.5 Å². The van der Waals surface area contributed by atoms with Gasteiger partial charge in [-0.2, -0.15) is 0 Å². The molecule has 0 aliphatic heterocycles. The fraction of sp³-hybridized carbons (Fsp3) is 0.438. The summed E-state index contributed by atoms with van der Waals surface area (Å²) in [5.74, 6) is -0.183. The molecule has 120 valence electrons. The lowest BCUT2D eigenvalue weighted by Gasteiger charge is -2.34. The topological polar surface area (TPSA) is 34.5 Å². The summed E-state index contributed by atoms with van der Waals surface area (Å²) in [5, 5.41) is 1.19. The molecule has 0 saturated heterocycles. The molecule has 0 aliphatic carbocycles.